The molecule has 7 nitrogen and oxygen atoms in total. The second-order valence-electron chi connectivity index (χ2n) is 7.74. The van der Waals surface area contributed by atoms with Gasteiger partial charge in [-0.25, -0.2) is 4.79 Å². The van der Waals surface area contributed by atoms with Gasteiger partial charge >= 0.3 is 6.03 Å². The molecule has 2 aliphatic rings. The van der Waals surface area contributed by atoms with Crippen LogP contribution in [0.3, 0.4) is 0 Å². The van der Waals surface area contributed by atoms with Gasteiger partial charge in [0.15, 0.2) is 5.82 Å². The average Bonchev–Trinajstić information content (AvgIpc) is 3.41. The molecule has 0 bridgehead atoms. The maximum absolute atomic E-state index is 12.5. The van der Waals surface area contributed by atoms with Crippen LogP contribution in [0.15, 0.2) is 34.9 Å². The van der Waals surface area contributed by atoms with Gasteiger partial charge in [-0.3, -0.25) is 0 Å². The van der Waals surface area contributed by atoms with Gasteiger partial charge in [0.1, 0.15) is 6.61 Å². The highest BCUT2D eigenvalue weighted by atomic mass is 16.5. The number of carbonyl (C=O) groups excluding carboxylic acids is 1. The lowest BCUT2D eigenvalue weighted by atomic mass is 9.97. The second-order valence-corrected chi connectivity index (χ2v) is 7.74. The SMILES string of the molecule is O=C(NC1CCCC1)N1CCCC(c2noc(COCc3ccccc3)n2)C1. The van der Waals surface area contributed by atoms with Gasteiger partial charge in [0, 0.05) is 25.0 Å². The first-order chi connectivity index (χ1) is 13.8. The molecule has 1 saturated heterocycles. The van der Waals surface area contributed by atoms with Crippen LogP contribution in [0, 0.1) is 0 Å². The molecular formula is C21H28N4O3. The van der Waals surface area contributed by atoms with Crippen molar-refractivity contribution in [3.63, 3.8) is 0 Å². The number of aromatic nitrogens is 2. The normalized spacial score (nSPS) is 20.4. The van der Waals surface area contributed by atoms with Gasteiger partial charge in [-0.05, 0) is 31.2 Å². The molecule has 2 amide bonds. The molecule has 0 radical (unpaired) electrons. The van der Waals surface area contributed by atoms with Crippen LogP contribution in [0.5, 0.6) is 0 Å². The Morgan fingerprint density at radius 1 is 1.14 bits per heavy atom. The molecule has 0 spiro atoms. The van der Waals surface area contributed by atoms with Gasteiger partial charge in [0.25, 0.3) is 5.89 Å². The molecule has 2 heterocycles. The van der Waals surface area contributed by atoms with Crippen molar-refractivity contribution in [2.75, 3.05) is 13.1 Å². The largest absolute Gasteiger partial charge is 0.367 e. The van der Waals surface area contributed by atoms with Gasteiger partial charge in [-0.1, -0.05) is 48.3 Å². The van der Waals surface area contributed by atoms with E-state index in [1.54, 1.807) is 0 Å². The summed E-state index contributed by atoms with van der Waals surface area (Å²) in [7, 11) is 0. The monoisotopic (exact) mass is 384 g/mol. The van der Waals surface area contributed by atoms with Gasteiger partial charge < -0.3 is 19.5 Å². The molecular weight excluding hydrogens is 356 g/mol. The number of amides is 2. The predicted octanol–water partition coefficient (Wildman–Crippen LogP) is 3.62. The first kappa shape index (κ1) is 18.9. The van der Waals surface area contributed by atoms with Crippen molar-refractivity contribution in [3.05, 3.63) is 47.6 Å². The molecule has 1 atom stereocenters. The Bertz CT molecular complexity index is 758. The number of hydrogen-bond donors (Lipinski definition) is 1. The molecule has 1 aromatic heterocycles. The number of urea groups is 1. The number of nitrogens with zero attached hydrogens (tertiary/aromatic N) is 3. The number of benzene rings is 1. The van der Waals surface area contributed by atoms with E-state index in [2.05, 4.69) is 15.5 Å². The predicted molar refractivity (Wildman–Crippen MR) is 104 cm³/mol. The van der Waals surface area contributed by atoms with Crippen LogP contribution in [0.1, 0.15) is 61.7 Å². The van der Waals surface area contributed by atoms with E-state index in [1.807, 2.05) is 35.2 Å². The third-order valence-electron chi connectivity index (χ3n) is 5.58. The Hall–Kier alpha value is -2.41. The van der Waals surface area contributed by atoms with E-state index in [1.165, 1.54) is 12.8 Å². The van der Waals surface area contributed by atoms with Gasteiger partial charge in [0.2, 0.25) is 0 Å². The number of nitrogens with one attached hydrogen (secondary N) is 1. The van der Waals surface area contributed by atoms with Crippen molar-refractivity contribution in [2.45, 2.75) is 63.7 Å². The lowest BCUT2D eigenvalue weighted by Crippen LogP contribution is -2.47. The zero-order valence-corrected chi connectivity index (χ0v) is 16.2. The molecule has 4 rings (SSSR count). The molecule has 2 fully saturated rings. The van der Waals surface area contributed by atoms with Crippen molar-refractivity contribution >= 4 is 6.03 Å². The van der Waals surface area contributed by atoms with E-state index in [-0.39, 0.29) is 11.9 Å². The summed E-state index contributed by atoms with van der Waals surface area (Å²) in [5.74, 6) is 1.28. The second kappa shape index (κ2) is 9.19. The summed E-state index contributed by atoms with van der Waals surface area (Å²) < 4.78 is 11.0. The number of likely N-dealkylation sites (tertiary alicyclic amines) is 1. The topological polar surface area (TPSA) is 80.5 Å². The maximum Gasteiger partial charge on any atom is 0.317 e. The van der Waals surface area contributed by atoms with E-state index >= 15 is 0 Å². The van der Waals surface area contributed by atoms with Crippen LogP contribution in [-0.2, 0) is 18.0 Å². The smallest absolute Gasteiger partial charge is 0.317 e. The highest BCUT2D eigenvalue weighted by Gasteiger charge is 2.29. The van der Waals surface area contributed by atoms with E-state index < -0.39 is 0 Å². The number of hydrogen-bond acceptors (Lipinski definition) is 5. The molecule has 2 aromatic rings. The van der Waals surface area contributed by atoms with Crippen molar-refractivity contribution in [3.8, 4) is 0 Å². The number of piperidine rings is 1. The quantitative estimate of drug-likeness (QED) is 0.823. The summed E-state index contributed by atoms with van der Waals surface area (Å²) in [6, 6.07) is 10.4. The van der Waals surface area contributed by atoms with E-state index in [9.17, 15) is 4.79 Å². The fourth-order valence-corrected chi connectivity index (χ4v) is 4.03. The fourth-order valence-electron chi connectivity index (χ4n) is 4.03. The van der Waals surface area contributed by atoms with Crippen LogP contribution in [0.2, 0.25) is 0 Å². The number of rotatable bonds is 6. The molecule has 150 valence electrons. The molecule has 1 saturated carbocycles. The van der Waals surface area contributed by atoms with Crippen LogP contribution < -0.4 is 5.32 Å². The molecule has 1 aromatic carbocycles. The summed E-state index contributed by atoms with van der Waals surface area (Å²) >= 11 is 0. The van der Waals surface area contributed by atoms with Crippen LogP contribution in [0.25, 0.3) is 0 Å². The molecule has 28 heavy (non-hydrogen) atoms. The first-order valence-electron chi connectivity index (χ1n) is 10.3. The van der Waals surface area contributed by atoms with E-state index in [4.69, 9.17) is 9.26 Å². The molecule has 1 N–H and O–H groups in total. The molecule has 7 heteroatoms. The summed E-state index contributed by atoms with van der Waals surface area (Å²) in [5.41, 5.74) is 1.11. The Balaban J connectivity index is 1.27. The third-order valence-corrected chi connectivity index (χ3v) is 5.58. The molecule has 1 aliphatic heterocycles. The summed E-state index contributed by atoms with van der Waals surface area (Å²) in [4.78, 5) is 18.9. The van der Waals surface area contributed by atoms with E-state index in [0.717, 1.165) is 37.8 Å². The zero-order chi connectivity index (χ0) is 19.2. The van der Waals surface area contributed by atoms with Gasteiger partial charge in [0.05, 0.1) is 6.61 Å². The average molecular weight is 384 g/mol. The van der Waals surface area contributed by atoms with Crippen molar-refractivity contribution in [1.29, 1.82) is 0 Å². The van der Waals surface area contributed by atoms with Crippen LogP contribution in [0.4, 0.5) is 4.79 Å². The van der Waals surface area contributed by atoms with Crippen LogP contribution in [-0.4, -0.2) is 40.2 Å². The Morgan fingerprint density at radius 2 is 1.96 bits per heavy atom. The summed E-state index contributed by atoms with van der Waals surface area (Å²) in [5, 5.41) is 7.31. The molecule has 1 aliphatic carbocycles. The minimum atomic E-state index is 0.0477. The maximum atomic E-state index is 12.5. The van der Waals surface area contributed by atoms with E-state index in [0.29, 0.717) is 37.5 Å². The minimum Gasteiger partial charge on any atom is -0.367 e. The Morgan fingerprint density at radius 3 is 2.79 bits per heavy atom. The minimum absolute atomic E-state index is 0.0477. The zero-order valence-electron chi connectivity index (χ0n) is 16.2. The van der Waals surface area contributed by atoms with Crippen molar-refractivity contribution < 1.29 is 14.1 Å². The molecule has 1 unspecified atom stereocenters. The lowest BCUT2D eigenvalue weighted by Gasteiger charge is -2.32. The Kier molecular flexibility index (Phi) is 6.21. The van der Waals surface area contributed by atoms with Crippen molar-refractivity contribution in [2.24, 2.45) is 0 Å². The lowest BCUT2D eigenvalue weighted by molar-refractivity contribution is 0.0850. The van der Waals surface area contributed by atoms with Gasteiger partial charge in [-0.15, -0.1) is 0 Å². The standard InChI is InChI=1S/C21H28N4O3/c26-21(22-18-10-4-5-11-18)25-12-6-9-17(13-25)20-23-19(28-24-20)15-27-14-16-7-2-1-3-8-16/h1-3,7-8,17-18H,4-6,9-15H2,(H,22,26). The highest BCUT2D eigenvalue weighted by Crippen LogP contribution is 2.26. The van der Waals surface area contributed by atoms with Crippen LogP contribution >= 0.6 is 0 Å². The van der Waals surface area contributed by atoms with Gasteiger partial charge in [-0.2, -0.15) is 4.98 Å². The third kappa shape index (κ3) is 4.90. The number of ether oxygens (including phenoxy) is 1. The number of carbonyl (C=O) groups is 1. The fraction of sp³-hybridized carbons (Fsp3) is 0.571. The van der Waals surface area contributed by atoms with Crippen molar-refractivity contribution in [1.82, 2.24) is 20.4 Å². The Labute approximate surface area is 165 Å². The first-order valence-corrected chi connectivity index (χ1v) is 10.3. The summed E-state index contributed by atoms with van der Waals surface area (Å²) in [6.07, 6.45) is 6.55. The highest BCUT2D eigenvalue weighted by molar-refractivity contribution is 5.74. The summed E-state index contributed by atoms with van der Waals surface area (Å²) in [6.45, 7) is 2.24.